The third-order valence-corrected chi connectivity index (χ3v) is 15.0. The molecule has 5 fully saturated rings. The molecule has 0 radical (unpaired) electrons. The maximum atomic E-state index is 13.4. The van der Waals surface area contributed by atoms with Gasteiger partial charge in [0.2, 0.25) is 0 Å². The number of carboxylic acid groups (broad SMARTS) is 1. The highest BCUT2D eigenvalue weighted by Gasteiger charge is 2.72. The van der Waals surface area contributed by atoms with E-state index in [1.807, 2.05) is 0 Å². The zero-order valence-corrected chi connectivity index (χ0v) is 27.3. The predicted molar refractivity (Wildman–Crippen MR) is 169 cm³/mol. The fourth-order valence-electron chi connectivity index (χ4n) is 12.9. The molecule has 3 nitrogen and oxygen atoms in total. The van der Waals surface area contributed by atoms with E-state index in [1.165, 1.54) is 17.7 Å². The van der Waals surface area contributed by atoms with Crippen LogP contribution in [0.4, 0.5) is 4.39 Å². The number of halogens is 1. The van der Waals surface area contributed by atoms with E-state index in [9.17, 15) is 19.4 Å². The number of rotatable bonds is 3. The molecular formula is C39H53FO3. The number of aliphatic carboxylic acids is 1. The second kappa shape index (κ2) is 10.2. The SMILES string of the molecule is C=C(C)[C@@H]1CC[C@]2(C(=O)O)CC[C@]3(C)[C@H](CC[C@@H]4[C@@]5(C)C[C@@H](CC#Cc6ccc(F)cc6)[C@H](O)C(C)(C)[C@@H]5CC[C@]43C)[C@@H]12. The minimum atomic E-state index is -0.594. The molecule has 0 saturated heterocycles. The summed E-state index contributed by atoms with van der Waals surface area (Å²) in [4.78, 5) is 13.0. The molecule has 1 aromatic carbocycles. The summed E-state index contributed by atoms with van der Waals surface area (Å²) < 4.78 is 13.4. The average molecular weight is 589 g/mol. The fourth-order valence-corrected chi connectivity index (χ4v) is 12.9. The van der Waals surface area contributed by atoms with Crippen LogP contribution >= 0.6 is 0 Å². The van der Waals surface area contributed by atoms with Gasteiger partial charge in [-0.05, 0) is 146 Å². The number of carboxylic acids is 1. The molecular weight excluding hydrogens is 535 g/mol. The van der Waals surface area contributed by atoms with E-state index in [1.54, 1.807) is 12.1 Å². The van der Waals surface area contributed by atoms with Crippen molar-refractivity contribution in [3.05, 3.63) is 47.8 Å². The van der Waals surface area contributed by atoms with Crippen molar-refractivity contribution in [3.63, 3.8) is 0 Å². The van der Waals surface area contributed by atoms with E-state index < -0.39 is 17.5 Å². The maximum Gasteiger partial charge on any atom is 0.309 e. The van der Waals surface area contributed by atoms with Gasteiger partial charge >= 0.3 is 5.97 Å². The molecule has 5 saturated carbocycles. The highest BCUT2D eigenvalue weighted by molar-refractivity contribution is 5.76. The molecule has 5 aliphatic carbocycles. The van der Waals surface area contributed by atoms with Gasteiger partial charge < -0.3 is 10.2 Å². The van der Waals surface area contributed by atoms with Gasteiger partial charge in [0.25, 0.3) is 0 Å². The van der Waals surface area contributed by atoms with E-state index in [-0.39, 0.29) is 39.3 Å². The van der Waals surface area contributed by atoms with Crippen molar-refractivity contribution in [1.82, 2.24) is 0 Å². The van der Waals surface area contributed by atoms with E-state index in [0.29, 0.717) is 30.1 Å². The lowest BCUT2D eigenvalue weighted by Crippen LogP contribution is -2.68. The molecule has 0 aliphatic heterocycles. The molecule has 0 spiro atoms. The van der Waals surface area contributed by atoms with Gasteiger partial charge in [-0.3, -0.25) is 4.79 Å². The van der Waals surface area contributed by atoms with Gasteiger partial charge in [0.05, 0.1) is 11.5 Å². The number of aliphatic hydroxyl groups excluding tert-OH is 1. The molecule has 11 atom stereocenters. The molecule has 43 heavy (non-hydrogen) atoms. The van der Waals surface area contributed by atoms with Crippen LogP contribution in [-0.4, -0.2) is 22.3 Å². The van der Waals surface area contributed by atoms with Crippen molar-refractivity contribution >= 4 is 5.97 Å². The average Bonchev–Trinajstić information content (AvgIpc) is 3.34. The zero-order chi connectivity index (χ0) is 31.2. The van der Waals surface area contributed by atoms with E-state index in [0.717, 1.165) is 63.4 Å². The monoisotopic (exact) mass is 588 g/mol. The number of allylic oxidation sites excluding steroid dienone is 1. The normalized spacial score (nSPS) is 46.3. The largest absolute Gasteiger partial charge is 0.481 e. The van der Waals surface area contributed by atoms with Gasteiger partial charge in [-0.25, -0.2) is 4.39 Å². The van der Waals surface area contributed by atoms with Crippen molar-refractivity contribution < 1.29 is 19.4 Å². The molecule has 1 aromatic rings. The predicted octanol–water partition coefficient (Wildman–Crippen LogP) is 8.90. The van der Waals surface area contributed by atoms with Crippen LogP contribution in [0.5, 0.6) is 0 Å². The van der Waals surface area contributed by atoms with Gasteiger partial charge in [0.15, 0.2) is 0 Å². The first-order chi connectivity index (χ1) is 20.1. The van der Waals surface area contributed by atoms with Crippen LogP contribution in [0.3, 0.4) is 0 Å². The van der Waals surface area contributed by atoms with Crippen LogP contribution in [0.15, 0.2) is 36.4 Å². The Morgan fingerprint density at radius 3 is 2.30 bits per heavy atom. The summed E-state index contributed by atoms with van der Waals surface area (Å²) in [5.41, 5.74) is 1.46. The number of carbonyl (C=O) groups is 1. The lowest BCUT2D eigenvalue weighted by Gasteiger charge is -2.73. The number of benzene rings is 1. The number of fused-ring (bicyclic) bond motifs is 7. The highest BCUT2D eigenvalue weighted by Crippen LogP contribution is 2.77. The quantitative estimate of drug-likeness (QED) is 0.274. The topological polar surface area (TPSA) is 57.5 Å². The third-order valence-electron chi connectivity index (χ3n) is 15.0. The second-order valence-corrected chi connectivity index (χ2v) is 16.9. The molecule has 6 rings (SSSR count). The fraction of sp³-hybridized carbons (Fsp3) is 0.718. The first-order valence-electron chi connectivity index (χ1n) is 16.9. The Hall–Kier alpha value is -2.12. The minimum absolute atomic E-state index is 0.0801. The van der Waals surface area contributed by atoms with Crippen molar-refractivity contribution in [2.45, 2.75) is 112 Å². The van der Waals surface area contributed by atoms with Gasteiger partial charge in [0, 0.05) is 12.0 Å². The van der Waals surface area contributed by atoms with Crippen LogP contribution in [0.25, 0.3) is 0 Å². The Kier molecular flexibility index (Phi) is 7.33. The lowest BCUT2D eigenvalue weighted by molar-refractivity contribution is -0.256. The lowest BCUT2D eigenvalue weighted by atomic mass is 9.31. The molecule has 0 amide bonds. The van der Waals surface area contributed by atoms with E-state index in [4.69, 9.17) is 0 Å². The second-order valence-electron chi connectivity index (χ2n) is 16.9. The summed E-state index contributed by atoms with van der Waals surface area (Å²) in [7, 11) is 0. The number of hydrogen-bond acceptors (Lipinski definition) is 2. The molecule has 234 valence electrons. The van der Waals surface area contributed by atoms with Crippen LogP contribution in [0.1, 0.15) is 111 Å². The van der Waals surface area contributed by atoms with E-state index >= 15 is 0 Å². The van der Waals surface area contributed by atoms with Gasteiger partial charge in [-0.15, -0.1) is 0 Å². The Labute approximate surface area is 259 Å². The highest BCUT2D eigenvalue weighted by atomic mass is 19.1. The van der Waals surface area contributed by atoms with Gasteiger partial charge in [-0.2, -0.15) is 0 Å². The first-order valence-corrected chi connectivity index (χ1v) is 16.9. The molecule has 2 N–H and O–H groups in total. The first kappa shape index (κ1) is 30.9. The molecule has 0 unspecified atom stereocenters. The van der Waals surface area contributed by atoms with Gasteiger partial charge in [-0.1, -0.05) is 58.6 Å². The standard InChI is InChI=1S/C39H53FO3/c1-24(2)28-17-20-39(34(42)43)22-21-37(6)29(32(28)39)15-16-31-36(5)23-26(10-8-9-25-11-13-27(40)14-12-25)33(41)35(3,4)30(36)18-19-38(31,37)7/h11-14,26,28-33,41H,1,10,15-23H2,2-7H3,(H,42,43)/t26-,28+,29-,30+,31-,32-,33+,36+,37-,38-,39+/m1/s1. The summed E-state index contributed by atoms with van der Waals surface area (Å²) in [6.07, 6.45) is 9.24. The van der Waals surface area contributed by atoms with Crippen molar-refractivity contribution in [3.8, 4) is 11.8 Å². The summed E-state index contributed by atoms with van der Waals surface area (Å²) in [5.74, 6) is 7.71. The third kappa shape index (κ3) is 4.26. The molecule has 0 aromatic heterocycles. The smallest absolute Gasteiger partial charge is 0.309 e. The molecule has 0 heterocycles. The van der Waals surface area contributed by atoms with Crippen molar-refractivity contribution in [2.24, 2.45) is 62.6 Å². The van der Waals surface area contributed by atoms with Gasteiger partial charge in [0.1, 0.15) is 5.82 Å². The Bertz CT molecular complexity index is 1350. The van der Waals surface area contributed by atoms with Crippen LogP contribution < -0.4 is 0 Å². The Morgan fingerprint density at radius 1 is 0.953 bits per heavy atom. The van der Waals surface area contributed by atoms with Crippen molar-refractivity contribution in [1.29, 1.82) is 0 Å². The van der Waals surface area contributed by atoms with Crippen LogP contribution in [0.2, 0.25) is 0 Å². The van der Waals surface area contributed by atoms with E-state index in [2.05, 4.69) is 60.0 Å². The summed E-state index contributed by atoms with van der Waals surface area (Å²) in [6.45, 7) is 18.7. The Morgan fingerprint density at radius 2 is 1.65 bits per heavy atom. The molecule has 0 bridgehead atoms. The summed E-state index contributed by atoms with van der Waals surface area (Å²) in [5, 5.41) is 22.4. The van der Waals surface area contributed by atoms with Crippen LogP contribution in [-0.2, 0) is 4.79 Å². The van der Waals surface area contributed by atoms with Crippen LogP contribution in [0, 0.1) is 80.2 Å². The maximum absolute atomic E-state index is 13.4. The minimum Gasteiger partial charge on any atom is -0.481 e. The molecule has 4 heteroatoms. The zero-order valence-electron chi connectivity index (χ0n) is 27.3. The number of hydrogen-bond donors (Lipinski definition) is 2. The molecule has 5 aliphatic rings. The summed E-state index contributed by atoms with van der Waals surface area (Å²) in [6, 6.07) is 6.34. The van der Waals surface area contributed by atoms with Crippen molar-refractivity contribution in [2.75, 3.05) is 0 Å². The summed E-state index contributed by atoms with van der Waals surface area (Å²) >= 11 is 0. The Balaban J connectivity index is 1.33. The number of aliphatic hydroxyl groups is 1.